The number of nitrogen functional groups attached to an aromatic ring is 1. The topological polar surface area (TPSA) is 57.9 Å². The quantitative estimate of drug-likeness (QED) is 0.771. The highest BCUT2D eigenvalue weighted by Crippen LogP contribution is 2.15. The van der Waals surface area contributed by atoms with Crippen LogP contribution < -0.4 is 5.73 Å². The molecule has 16 heavy (non-hydrogen) atoms. The summed E-state index contributed by atoms with van der Waals surface area (Å²) in [4.78, 5) is 10.2. The lowest BCUT2D eigenvalue weighted by molar-refractivity contribution is 0.289. The number of imidazole rings is 1. The number of H-pyrrole nitrogens is 1. The molecule has 0 fully saturated rings. The maximum absolute atomic E-state index is 5.73. The van der Waals surface area contributed by atoms with E-state index in [-0.39, 0.29) is 0 Å². The van der Waals surface area contributed by atoms with Gasteiger partial charge in [-0.05, 0) is 31.3 Å². The van der Waals surface area contributed by atoms with Crippen LogP contribution in [0, 0.1) is 0 Å². The molecular formula is C12H18N4. The second kappa shape index (κ2) is 4.53. The Morgan fingerprint density at radius 3 is 2.75 bits per heavy atom. The van der Waals surface area contributed by atoms with E-state index < -0.39 is 0 Å². The number of aromatic nitrogens is 2. The van der Waals surface area contributed by atoms with Crippen LogP contribution in [0.5, 0.6) is 0 Å². The van der Waals surface area contributed by atoms with Crippen molar-refractivity contribution in [2.45, 2.75) is 20.4 Å². The first kappa shape index (κ1) is 11.0. The van der Waals surface area contributed by atoms with Gasteiger partial charge in [-0.2, -0.15) is 0 Å². The van der Waals surface area contributed by atoms with Gasteiger partial charge in [-0.3, -0.25) is 4.90 Å². The zero-order chi connectivity index (χ0) is 11.5. The van der Waals surface area contributed by atoms with Crippen molar-refractivity contribution in [2.75, 3.05) is 18.8 Å². The minimum atomic E-state index is 0.769. The maximum atomic E-state index is 5.73. The van der Waals surface area contributed by atoms with Crippen molar-refractivity contribution >= 4 is 16.7 Å². The summed E-state index contributed by atoms with van der Waals surface area (Å²) in [5, 5.41) is 0. The zero-order valence-electron chi connectivity index (χ0n) is 9.83. The first-order valence-corrected chi connectivity index (χ1v) is 5.69. The van der Waals surface area contributed by atoms with Gasteiger partial charge in [0.05, 0.1) is 17.6 Å². The number of rotatable bonds is 4. The molecule has 3 N–H and O–H groups in total. The van der Waals surface area contributed by atoms with E-state index in [0.717, 1.165) is 42.2 Å². The summed E-state index contributed by atoms with van der Waals surface area (Å²) >= 11 is 0. The number of hydrogen-bond donors (Lipinski definition) is 2. The Labute approximate surface area is 95.5 Å². The highest BCUT2D eigenvalue weighted by Gasteiger charge is 2.06. The molecule has 0 saturated heterocycles. The van der Waals surface area contributed by atoms with Crippen molar-refractivity contribution in [3.63, 3.8) is 0 Å². The van der Waals surface area contributed by atoms with Crippen molar-refractivity contribution in [2.24, 2.45) is 0 Å². The number of fused-ring (bicyclic) bond motifs is 1. The van der Waals surface area contributed by atoms with Gasteiger partial charge in [-0.1, -0.05) is 13.8 Å². The van der Waals surface area contributed by atoms with Gasteiger partial charge in [0.2, 0.25) is 0 Å². The molecule has 0 atom stereocenters. The first-order valence-electron chi connectivity index (χ1n) is 5.69. The van der Waals surface area contributed by atoms with Crippen molar-refractivity contribution in [1.29, 1.82) is 0 Å². The summed E-state index contributed by atoms with van der Waals surface area (Å²) < 4.78 is 0. The Bertz CT molecular complexity index is 471. The predicted octanol–water partition coefficient (Wildman–Crippen LogP) is 1.99. The van der Waals surface area contributed by atoms with E-state index in [2.05, 4.69) is 28.7 Å². The van der Waals surface area contributed by atoms with E-state index in [1.54, 1.807) is 0 Å². The summed E-state index contributed by atoms with van der Waals surface area (Å²) in [5.74, 6) is 1.00. The predicted molar refractivity (Wildman–Crippen MR) is 67.1 cm³/mol. The van der Waals surface area contributed by atoms with E-state index in [1.807, 2.05) is 18.2 Å². The summed E-state index contributed by atoms with van der Waals surface area (Å²) in [6.45, 7) is 7.25. The van der Waals surface area contributed by atoms with Gasteiger partial charge in [0.1, 0.15) is 5.82 Å². The summed E-state index contributed by atoms with van der Waals surface area (Å²) in [6, 6.07) is 5.76. The molecule has 1 heterocycles. The van der Waals surface area contributed by atoms with E-state index in [4.69, 9.17) is 5.73 Å². The second-order valence-corrected chi connectivity index (χ2v) is 3.92. The molecule has 0 aliphatic heterocycles. The van der Waals surface area contributed by atoms with Crippen LogP contribution in [0.25, 0.3) is 11.0 Å². The van der Waals surface area contributed by atoms with Crippen LogP contribution >= 0.6 is 0 Å². The zero-order valence-corrected chi connectivity index (χ0v) is 9.83. The monoisotopic (exact) mass is 218 g/mol. The number of benzene rings is 1. The van der Waals surface area contributed by atoms with Crippen LogP contribution in [0.2, 0.25) is 0 Å². The van der Waals surface area contributed by atoms with Crippen LogP contribution in [-0.4, -0.2) is 28.0 Å². The van der Waals surface area contributed by atoms with Gasteiger partial charge in [0.25, 0.3) is 0 Å². The van der Waals surface area contributed by atoms with Crippen molar-refractivity contribution < 1.29 is 0 Å². The number of nitrogens with one attached hydrogen (secondary N) is 1. The molecule has 4 nitrogen and oxygen atoms in total. The lowest BCUT2D eigenvalue weighted by Crippen LogP contribution is -2.22. The molecule has 0 bridgehead atoms. The number of nitrogens with zero attached hydrogens (tertiary/aromatic N) is 2. The highest BCUT2D eigenvalue weighted by atomic mass is 15.1. The molecule has 1 aromatic carbocycles. The third-order valence-electron chi connectivity index (χ3n) is 2.82. The smallest absolute Gasteiger partial charge is 0.121 e. The number of aromatic amines is 1. The molecule has 0 saturated carbocycles. The fourth-order valence-electron chi connectivity index (χ4n) is 1.81. The Morgan fingerprint density at radius 1 is 1.31 bits per heavy atom. The molecule has 1 aromatic heterocycles. The Balaban J connectivity index is 2.25. The second-order valence-electron chi connectivity index (χ2n) is 3.92. The lowest BCUT2D eigenvalue weighted by Gasteiger charge is -2.15. The number of anilines is 1. The standard InChI is InChI=1S/C12H18N4/c1-3-16(4-2)8-12-14-10-6-5-9(13)7-11(10)15-12/h5-7H,3-4,8,13H2,1-2H3,(H,14,15). The first-order chi connectivity index (χ1) is 7.72. The largest absolute Gasteiger partial charge is 0.399 e. The average Bonchev–Trinajstić information content (AvgIpc) is 2.67. The Morgan fingerprint density at radius 2 is 2.06 bits per heavy atom. The normalized spacial score (nSPS) is 11.4. The number of nitrogens with two attached hydrogens (primary N) is 1. The molecule has 0 amide bonds. The third kappa shape index (κ3) is 2.17. The molecule has 0 aliphatic rings. The van der Waals surface area contributed by atoms with Crippen LogP contribution in [0.15, 0.2) is 18.2 Å². The fraction of sp³-hybridized carbons (Fsp3) is 0.417. The molecular weight excluding hydrogens is 200 g/mol. The van der Waals surface area contributed by atoms with Gasteiger partial charge in [0, 0.05) is 5.69 Å². The minimum absolute atomic E-state index is 0.769. The molecule has 4 heteroatoms. The third-order valence-corrected chi connectivity index (χ3v) is 2.82. The fourth-order valence-corrected chi connectivity index (χ4v) is 1.81. The van der Waals surface area contributed by atoms with Crippen LogP contribution in [0.3, 0.4) is 0 Å². The molecule has 86 valence electrons. The van der Waals surface area contributed by atoms with Crippen molar-refractivity contribution in [1.82, 2.24) is 14.9 Å². The van der Waals surface area contributed by atoms with Crippen molar-refractivity contribution in [3.05, 3.63) is 24.0 Å². The van der Waals surface area contributed by atoms with Crippen LogP contribution in [0.1, 0.15) is 19.7 Å². The Hall–Kier alpha value is -1.55. The van der Waals surface area contributed by atoms with Gasteiger partial charge in [-0.15, -0.1) is 0 Å². The molecule has 0 radical (unpaired) electrons. The summed E-state index contributed by atoms with van der Waals surface area (Å²) in [6.07, 6.45) is 0. The van der Waals surface area contributed by atoms with E-state index >= 15 is 0 Å². The van der Waals surface area contributed by atoms with E-state index in [0.29, 0.717) is 0 Å². The van der Waals surface area contributed by atoms with E-state index in [1.165, 1.54) is 0 Å². The maximum Gasteiger partial charge on any atom is 0.121 e. The highest BCUT2D eigenvalue weighted by molar-refractivity contribution is 5.78. The van der Waals surface area contributed by atoms with Gasteiger partial charge in [-0.25, -0.2) is 4.98 Å². The SMILES string of the molecule is CCN(CC)Cc1nc2ccc(N)cc2[nH]1. The van der Waals surface area contributed by atoms with Crippen molar-refractivity contribution in [3.8, 4) is 0 Å². The molecule has 2 rings (SSSR count). The van der Waals surface area contributed by atoms with Crippen LogP contribution in [0.4, 0.5) is 5.69 Å². The lowest BCUT2D eigenvalue weighted by atomic mass is 10.3. The van der Waals surface area contributed by atoms with Gasteiger partial charge < -0.3 is 10.7 Å². The van der Waals surface area contributed by atoms with Crippen LogP contribution in [-0.2, 0) is 6.54 Å². The van der Waals surface area contributed by atoms with Gasteiger partial charge in [0.15, 0.2) is 0 Å². The molecule has 2 aromatic rings. The molecule has 0 spiro atoms. The average molecular weight is 218 g/mol. The number of hydrogen-bond acceptors (Lipinski definition) is 3. The Kier molecular flexibility index (Phi) is 3.10. The van der Waals surface area contributed by atoms with E-state index in [9.17, 15) is 0 Å². The summed E-state index contributed by atoms with van der Waals surface area (Å²) in [5.41, 5.74) is 8.50. The molecule has 0 aliphatic carbocycles. The summed E-state index contributed by atoms with van der Waals surface area (Å²) in [7, 11) is 0. The minimum Gasteiger partial charge on any atom is -0.399 e. The molecule has 0 unspecified atom stereocenters. The van der Waals surface area contributed by atoms with Gasteiger partial charge >= 0.3 is 0 Å².